The molecule has 74 valence electrons. The molecular formula is C7H9O4S2-. The van der Waals surface area contributed by atoms with Gasteiger partial charge in [0.2, 0.25) is 0 Å². The quantitative estimate of drug-likeness (QED) is 0.284. The van der Waals surface area contributed by atoms with E-state index in [-0.39, 0.29) is 0 Å². The van der Waals surface area contributed by atoms with Gasteiger partial charge in [0.1, 0.15) is 5.57 Å². The molecule has 0 atom stereocenters. The standard InChI is InChI=1S/C7H10O4S2/c1-11-6(10)4(5(8)9)7(12-2)13-3/h1-3H3,(H,8,9)/p-1. The van der Waals surface area contributed by atoms with Crippen molar-refractivity contribution >= 4 is 35.5 Å². The van der Waals surface area contributed by atoms with Crippen molar-refractivity contribution in [1.82, 2.24) is 0 Å². The molecule has 0 saturated carbocycles. The van der Waals surface area contributed by atoms with Gasteiger partial charge in [-0.2, -0.15) is 0 Å². The van der Waals surface area contributed by atoms with E-state index in [0.29, 0.717) is 4.24 Å². The molecule has 0 N–H and O–H groups in total. The van der Waals surface area contributed by atoms with Crippen LogP contribution in [0.3, 0.4) is 0 Å². The number of rotatable bonds is 4. The number of thioether (sulfide) groups is 2. The predicted molar refractivity (Wildman–Crippen MR) is 51.1 cm³/mol. The Morgan fingerprint density at radius 1 is 1.23 bits per heavy atom. The highest BCUT2D eigenvalue weighted by atomic mass is 32.2. The van der Waals surface area contributed by atoms with Crippen molar-refractivity contribution in [3.8, 4) is 0 Å². The zero-order valence-corrected chi connectivity index (χ0v) is 9.08. The number of hydrogen-bond acceptors (Lipinski definition) is 6. The molecule has 0 heterocycles. The fraction of sp³-hybridized carbons (Fsp3) is 0.429. The van der Waals surface area contributed by atoms with Crippen LogP contribution in [-0.4, -0.2) is 31.6 Å². The maximum Gasteiger partial charge on any atom is 0.341 e. The molecule has 0 amide bonds. The van der Waals surface area contributed by atoms with Crippen molar-refractivity contribution in [3.05, 3.63) is 9.81 Å². The summed E-state index contributed by atoms with van der Waals surface area (Å²) in [6, 6.07) is 0. The molecule has 0 aliphatic carbocycles. The van der Waals surface area contributed by atoms with Crippen LogP contribution in [0.25, 0.3) is 0 Å². The lowest BCUT2D eigenvalue weighted by molar-refractivity contribution is -0.299. The van der Waals surface area contributed by atoms with Crippen LogP contribution < -0.4 is 5.11 Å². The first kappa shape index (κ1) is 12.4. The summed E-state index contributed by atoms with van der Waals surface area (Å²) in [6.07, 6.45) is 3.36. The number of carbonyl (C=O) groups is 2. The summed E-state index contributed by atoms with van der Waals surface area (Å²) in [4.78, 5) is 21.5. The maximum absolute atomic E-state index is 11.0. The Kier molecular flexibility index (Phi) is 5.65. The third-order valence-corrected chi connectivity index (χ3v) is 3.32. The van der Waals surface area contributed by atoms with E-state index in [4.69, 9.17) is 0 Å². The number of carboxylic acid groups (broad SMARTS) is 1. The molecule has 0 aliphatic heterocycles. The van der Waals surface area contributed by atoms with Crippen LogP contribution in [0.15, 0.2) is 9.81 Å². The number of ether oxygens (including phenoxy) is 1. The number of methoxy groups -OCH3 is 1. The highest BCUT2D eigenvalue weighted by Gasteiger charge is 2.16. The summed E-state index contributed by atoms with van der Waals surface area (Å²) < 4.78 is 4.70. The van der Waals surface area contributed by atoms with Crippen LogP contribution in [0, 0.1) is 0 Å². The first-order chi connectivity index (χ1) is 6.08. The Bertz CT molecular complexity index is 241. The Labute approximate surface area is 84.7 Å². The highest BCUT2D eigenvalue weighted by molar-refractivity contribution is 8.21. The van der Waals surface area contributed by atoms with E-state index in [1.54, 1.807) is 12.5 Å². The van der Waals surface area contributed by atoms with Crippen LogP contribution in [0.2, 0.25) is 0 Å². The summed E-state index contributed by atoms with van der Waals surface area (Å²) >= 11 is 2.34. The number of carboxylic acids is 1. The summed E-state index contributed by atoms with van der Waals surface area (Å²) in [5, 5.41) is 10.6. The second-order valence-electron chi connectivity index (χ2n) is 1.85. The van der Waals surface area contributed by atoms with Gasteiger partial charge in [-0.25, -0.2) is 4.79 Å². The lowest BCUT2D eigenvalue weighted by Crippen LogP contribution is -2.30. The molecule has 0 spiro atoms. The van der Waals surface area contributed by atoms with Gasteiger partial charge in [0.05, 0.1) is 17.3 Å². The Morgan fingerprint density at radius 2 is 1.69 bits per heavy atom. The van der Waals surface area contributed by atoms with Crippen molar-refractivity contribution in [3.63, 3.8) is 0 Å². The molecule has 0 aromatic heterocycles. The summed E-state index contributed by atoms with van der Waals surface area (Å²) in [7, 11) is 1.13. The molecule has 4 nitrogen and oxygen atoms in total. The molecule has 6 heteroatoms. The summed E-state index contributed by atoms with van der Waals surface area (Å²) in [5.74, 6) is -2.38. The number of aliphatic carboxylic acids is 1. The molecule has 0 unspecified atom stereocenters. The predicted octanol–water partition coefficient (Wildman–Crippen LogP) is -0.153. The van der Waals surface area contributed by atoms with Gasteiger partial charge in [-0.3, -0.25) is 0 Å². The number of esters is 1. The minimum atomic E-state index is -1.51. The minimum Gasteiger partial charge on any atom is -0.544 e. The van der Waals surface area contributed by atoms with E-state index in [1.165, 1.54) is 23.5 Å². The number of carbonyl (C=O) groups excluding carboxylic acids is 2. The molecule has 0 aromatic rings. The van der Waals surface area contributed by atoms with Crippen LogP contribution in [0.1, 0.15) is 0 Å². The highest BCUT2D eigenvalue weighted by Crippen LogP contribution is 2.27. The van der Waals surface area contributed by atoms with E-state index in [1.807, 2.05) is 0 Å². The molecule has 0 radical (unpaired) electrons. The first-order valence-electron chi connectivity index (χ1n) is 3.20. The van der Waals surface area contributed by atoms with Crippen molar-refractivity contribution in [2.45, 2.75) is 0 Å². The fourth-order valence-electron chi connectivity index (χ4n) is 0.640. The van der Waals surface area contributed by atoms with E-state index < -0.39 is 17.5 Å². The third kappa shape index (κ3) is 3.31. The number of hydrogen-bond donors (Lipinski definition) is 0. The Hall–Kier alpha value is -0.620. The van der Waals surface area contributed by atoms with Crippen LogP contribution >= 0.6 is 23.5 Å². The average Bonchev–Trinajstić information content (AvgIpc) is 2.12. The van der Waals surface area contributed by atoms with Gasteiger partial charge in [0.25, 0.3) is 0 Å². The Morgan fingerprint density at radius 3 is 1.92 bits per heavy atom. The molecule has 0 aromatic carbocycles. The zero-order valence-electron chi connectivity index (χ0n) is 7.45. The average molecular weight is 221 g/mol. The molecule has 0 rings (SSSR count). The molecule has 0 saturated heterocycles. The largest absolute Gasteiger partial charge is 0.544 e. The molecule has 0 fully saturated rings. The summed E-state index contributed by atoms with van der Waals surface area (Å²) in [5.41, 5.74) is -0.414. The second-order valence-corrected chi connectivity index (χ2v) is 3.74. The van der Waals surface area contributed by atoms with Gasteiger partial charge in [0, 0.05) is 0 Å². The maximum atomic E-state index is 11.0. The van der Waals surface area contributed by atoms with Crippen LogP contribution in [0.5, 0.6) is 0 Å². The SMILES string of the molecule is COC(=O)C(C(=O)[O-])=C(SC)SC. The molecule has 0 bridgehead atoms. The lowest BCUT2D eigenvalue weighted by atomic mass is 10.3. The van der Waals surface area contributed by atoms with Gasteiger partial charge in [0.15, 0.2) is 0 Å². The smallest absolute Gasteiger partial charge is 0.341 e. The van der Waals surface area contributed by atoms with E-state index in [2.05, 4.69) is 4.74 Å². The monoisotopic (exact) mass is 221 g/mol. The summed E-state index contributed by atoms with van der Waals surface area (Å²) in [6.45, 7) is 0. The van der Waals surface area contributed by atoms with Crippen molar-refractivity contribution < 1.29 is 19.4 Å². The van der Waals surface area contributed by atoms with Gasteiger partial charge in [-0.1, -0.05) is 0 Å². The zero-order chi connectivity index (χ0) is 10.4. The van der Waals surface area contributed by atoms with Crippen molar-refractivity contribution in [1.29, 1.82) is 0 Å². The van der Waals surface area contributed by atoms with Gasteiger partial charge < -0.3 is 14.6 Å². The van der Waals surface area contributed by atoms with Crippen molar-refractivity contribution in [2.75, 3.05) is 19.6 Å². The van der Waals surface area contributed by atoms with Crippen LogP contribution in [0.4, 0.5) is 0 Å². The van der Waals surface area contributed by atoms with Crippen molar-refractivity contribution in [2.24, 2.45) is 0 Å². The van der Waals surface area contributed by atoms with Gasteiger partial charge >= 0.3 is 5.97 Å². The normalized spacial score (nSPS) is 9.15. The topological polar surface area (TPSA) is 66.4 Å². The fourth-order valence-corrected chi connectivity index (χ4v) is 2.05. The van der Waals surface area contributed by atoms with E-state index in [0.717, 1.165) is 7.11 Å². The Balaban J connectivity index is 5.08. The van der Waals surface area contributed by atoms with Gasteiger partial charge in [-0.15, -0.1) is 23.5 Å². The molecule has 13 heavy (non-hydrogen) atoms. The minimum absolute atomic E-state index is 0.381. The van der Waals surface area contributed by atoms with E-state index in [9.17, 15) is 14.7 Å². The van der Waals surface area contributed by atoms with E-state index >= 15 is 0 Å². The molecular weight excluding hydrogens is 212 g/mol. The van der Waals surface area contributed by atoms with Crippen LogP contribution in [-0.2, 0) is 14.3 Å². The lowest BCUT2D eigenvalue weighted by Gasteiger charge is -2.10. The first-order valence-corrected chi connectivity index (χ1v) is 5.65. The third-order valence-electron chi connectivity index (χ3n) is 1.17. The second kappa shape index (κ2) is 5.93. The molecule has 0 aliphatic rings. The van der Waals surface area contributed by atoms with Gasteiger partial charge in [-0.05, 0) is 12.5 Å².